The summed E-state index contributed by atoms with van der Waals surface area (Å²) in [6, 6.07) is 5.45. The van der Waals surface area contributed by atoms with Gasteiger partial charge in [-0.25, -0.2) is 4.79 Å². The van der Waals surface area contributed by atoms with Crippen LogP contribution in [0.2, 0.25) is 0 Å². The second kappa shape index (κ2) is 5.61. The lowest BCUT2D eigenvalue weighted by molar-refractivity contribution is -0.151. The molecular weight excluding hydrogens is 278 g/mol. The van der Waals surface area contributed by atoms with E-state index in [1.807, 2.05) is 12.1 Å². The second-order valence-electron chi connectivity index (χ2n) is 4.90. The molecule has 3 rings (SSSR count). The smallest absolute Gasteiger partial charge is 0.332 e. The molecule has 0 aliphatic carbocycles. The van der Waals surface area contributed by atoms with Gasteiger partial charge in [0.05, 0.1) is 0 Å². The van der Waals surface area contributed by atoms with Crippen LogP contribution in [0.4, 0.5) is 0 Å². The first kappa shape index (κ1) is 13.7. The van der Waals surface area contributed by atoms with Crippen molar-refractivity contribution in [1.82, 2.24) is 5.32 Å². The first-order chi connectivity index (χ1) is 10.1. The Labute approximate surface area is 120 Å². The molecule has 1 aromatic carbocycles. The molecule has 7 heteroatoms. The average molecular weight is 293 g/mol. The van der Waals surface area contributed by atoms with Gasteiger partial charge in [0.15, 0.2) is 17.6 Å². The first-order valence-electron chi connectivity index (χ1n) is 6.68. The Balaban J connectivity index is 1.57. The first-order valence-corrected chi connectivity index (χ1v) is 6.68. The molecule has 2 aliphatic rings. The van der Waals surface area contributed by atoms with Crippen LogP contribution in [0.3, 0.4) is 0 Å². The molecule has 0 unspecified atom stereocenters. The third kappa shape index (κ3) is 2.78. The zero-order chi connectivity index (χ0) is 14.8. The Hall–Kier alpha value is -2.28. The highest BCUT2D eigenvalue weighted by Crippen LogP contribution is 2.35. The SMILES string of the molecule is O=C(NCc1cccc2c1OCO2)[C@@H]1CC[C@H](C(=O)O)O1. The van der Waals surface area contributed by atoms with Crippen molar-refractivity contribution in [2.24, 2.45) is 0 Å². The van der Waals surface area contributed by atoms with Crippen molar-refractivity contribution in [2.45, 2.75) is 31.6 Å². The molecule has 7 nitrogen and oxygen atoms in total. The Bertz CT molecular complexity index is 573. The van der Waals surface area contributed by atoms with Gasteiger partial charge < -0.3 is 24.6 Å². The zero-order valence-corrected chi connectivity index (χ0v) is 11.2. The van der Waals surface area contributed by atoms with Crippen molar-refractivity contribution < 1.29 is 28.9 Å². The fraction of sp³-hybridized carbons (Fsp3) is 0.429. The summed E-state index contributed by atoms with van der Waals surface area (Å²) in [4.78, 5) is 22.8. The predicted molar refractivity (Wildman–Crippen MR) is 69.9 cm³/mol. The molecule has 2 aliphatic heterocycles. The number of nitrogens with one attached hydrogen (secondary N) is 1. The summed E-state index contributed by atoms with van der Waals surface area (Å²) < 4.78 is 15.8. The summed E-state index contributed by atoms with van der Waals surface area (Å²) in [5.41, 5.74) is 0.811. The molecule has 1 fully saturated rings. The minimum Gasteiger partial charge on any atom is -0.479 e. The number of hydrogen-bond acceptors (Lipinski definition) is 5. The molecule has 1 saturated heterocycles. The van der Waals surface area contributed by atoms with Crippen LogP contribution < -0.4 is 14.8 Å². The third-order valence-electron chi connectivity index (χ3n) is 3.52. The van der Waals surface area contributed by atoms with Crippen LogP contribution in [0, 0.1) is 0 Å². The predicted octanol–water partition coefficient (Wildman–Crippen LogP) is 0.664. The summed E-state index contributed by atoms with van der Waals surface area (Å²) in [6.45, 7) is 0.454. The molecule has 0 bridgehead atoms. The maximum Gasteiger partial charge on any atom is 0.332 e. The summed E-state index contributed by atoms with van der Waals surface area (Å²) >= 11 is 0. The number of amides is 1. The number of para-hydroxylation sites is 1. The topological polar surface area (TPSA) is 94.1 Å². The van der Waals surface area contributed by atoms with Gasteiger partial charge in [-0.05, 0) is 18.9 Å². The number of carbonyl (C=O) groups is 2. The monoisotopic (exact) mass is 293 g/mol. The molecule has 1 amide bonds. The van der Waals surface area contributed by atoms with Crippen molar-refractivity contribution in [3.05, 3.63) is 23.8 Å². The molecular formula is C14H15NO6. The fourth-order valence-corrected chi connectivity index (χ4v) is 2.44. The van der Waals surface area contributed by atoms with E-state index in [0.29, 0.717) is 24.3 Å². The zero-order valence-electron chi connectivity index (χ0n) is 11.2. The van der Waals surface area contributed by atoms with Crippen LogP contribution >= 0.6 is 0 Å². The number of carbonyl (C=O) groups excluding carboxylic acids is 1. The number of hydrogen-bond donors (Lipinski definition) is 2. The van der Waals surface area contributed by atoms with Crippen LogP contribution in [-0.4, -0.2) is 36.0 Å². The van der Waals surface area contributed by atoms with Gasteiger partial charge in [0, 0.05) is 12.1 Å². The van der Waals surface area contributed by atoms with Crippen LogP contribution in [0.5, 0.6) is 11.5 Å². The van der Waals surface area contributed by atoms with Crippen molar-refractivity contribution in [3.8, 4) is 11.5 Å². The lowest BCUT2D eigenvalue weighted by Gasteiger charge is -2.12. The number of aliphatic carboxylic acids is 1. The molecule has 2 atom stereocenters. The van der Waals surface area contributed by atoms with Gasteiger partial charge in [-0.2, -0.15) is 0 Å². The van der Waals surface area contributed by atoms with E-state index in [9.17, 15) is 9.59 Å². The van der Waals surface area contributed by atoms with E-state index in [1.165, 1.54) is 0 Å². The maximum absolute atomic E-state index is 12.0. The Morgan fingerprint density at radius 1 is 1.24 bits per heavy atom. The van der Waals surface area contributed by atoms with E-state index in [2.05, 4.69) is 5.32 Å². The van der Waals surface area contributed by atoms with Crippen LogP contribution in [0.1, 0.15) is 18.4 Å². The molecule has 21 heavy (non-hydrogen) atoms. The van der Waals surface area contributed by atoms with Crippen molar-refractivity contribution in [1.29, 1.82) is 0 Å². The molecule has 1 aromatic rings. The molecule has 0 radical (unpaired) electrons. The number of carboxylic acids is 1. The number of carboxylic acid groups (broad SMARTS) is 1. The highest BCUT2D eigenvalue weighted by atomic mass is 16.7. The fourth-order valence-electron chi connectivity index (χ4n) is 2.44. The highest BCUT2D eigenvalue weighted by molar-refractivity contribution is 5.82. The largest absolute Gasteiger partial charge is 0.479 e. The molecule has 0 spiro atoms. The van der Waals surface area contributed by atoms with Gasteiger partial charge in [0.1, 0.15) is 6.10 Å². The van der Waals surface area contributed by atoms with Gasteiger partial charge in [-0.15, -0.1) is 0 Å². The molecule has 2 N–H and O–H groups in total. The molecule has 2 heterocycles. The van der Waals surface area contributed by atoms with Gasteiger partial charge >= 0.3 is 5.97 Å². The van der Waals surface area contributed by atoms with Gasteiger partial charge in [0.25, 0.3) is 0 Å². The van der Waals surface area contributed by atoms with Crippen molar-refractivity contribution in [3.63, 3.8) is 0 Å². The third-order valence-corrected chi connectivity index (χ3v) is 3.52. The number of rotatable bonds is 4. The van der Waals surface area contributed by atoms with Gasteiger partial charge in [0.2, 0.25) is 12.7 Å². The van der Waals surface area contributed by atoms with Crippen molar-refractivity contribution in [2.75, 3.05) is 6.79 Å². The number of ether oxygens (including phenoxy) is 3. The lowest BCUT2D eigenvalue weighted by Crippen LogP contribution is -2.35. The van der Waals surface area contributed by atoms with Crippen molar-refractivity contribution >= 4 is 11.9 Å². The van der Waals surface area contributed by atoms with E-state index >= 15 is 0 Å². The summed E-state index contributed by atoms with van der Waals surface area (Å²) in [5, 5.41) is 11.6. The number of benzene rings is 1. The van der Waals surface area contributed by atoms with Gasteiger partial charge in [-0.3, -0.25) is 4.79 Å². The van der Waals surface area contributed by atoms with E-state index < -0.39 is 18.2 Å². The van der Waals surface area contributed by atoms with Crippen LogP contribution in [0.15, 0.2) is 18.2 Å². The summed E-state index contributed by atoms with van der Waals surface area (Å²) in [6.07, 6.45) is -0.834. The second-order valence-corrected chi connectivity index (χ2v) is 4.90. The lowest BCUT2D eigenvalue weighted by atomic mass is 10.1. The van der Waals surface area contributed by atoms with Crippen LogP contribution in [-0.2, 0) is 20.9 Å². The summed E-state index contributed by atoms with van der Waals surface area (Å²) in [5.74, 6) is -0.0506. The number of fused-ring (bicyclic) bond motifs is 1. The minimum atomic E-state index is -1.03. The van der Waals surface area contributed by atoms with E-state index in [-0.39, 0.29) is 19.2 Å². The quantitative estimate of drug-likeness (QED) is 0.847. The summed E-state index contributed by atoms with van der Waals surface area (Å²) in [7, 11) is 0. The molecule has 0 aromatic heterocycles. The molecule has 0 saturated carbocycles. The molecule has 112 valence electrons. The Kier molecular flexibility index (Phi) is 3.66. The Morgan fingerprint density at radius 2 is 2.05 bits per heavy atom. The van der Waals surface area contributed by atoms with Crippen LogP contribution in [0.25, 0.3) is 0 Å². The average Bonchev–Trinajstić information content (AvgIpc) is 3.13. The van der Waals surface area contributed by atoms with E-state index in [4.69, 9.17) is 19.3 Å². The van der Waals surface area contributed by atoms with Gasteiger partial charge in [-0.1, -0.05) is 12.1 Å². The van der Waals surface area contributed by atoms with E-state index in [0.717, 1.165) is 5.56 Å². The minimum absolute atomic E-state index is 0.173. The maximum atomic E-state index is 12.0. The normalized spacial score (nSPS) is 23.0. The Morgan fingerprint density at radius 3 is 2.81 bits per heavy atom. The standard InChI is InChI=1S/C14H15NO6/c16-13(10-4-5-11(21-10)14(17)18)15-6-8-2-1-3-9-12(8)20-7-19-9/h1-3,10-11H,4-7H2,(H,15,16)(H,17,18)/t10-,11+/m0/s1. The highest BCUT2D eigenvalue weighted by Gasteiger charge is 2.34. The van der Waals surface area contributed by atoms with E-state index in [1.54, 1.807) is 6.07 Å².